The second kappa shape index (κ2) is 6.80. The molecular weight excluding hydrogens is 216 g/mol. The van der Waals surface area contributed by atoms with Gasteiger partial charge in [0.2, 0.25) is 5.96 Å². The summed E-state index contributed by atoms with van der Waals surface area (Å²) in [6.45, 7) is 7.40. The van der Waals surface area contributed by atoms with E-state index >= 15 is 0 Å². The highest BCUT2D eigenvalue weighted by Crippen LogP contribution is 1.96. The molecule has 6 heteroatoms. The van der Waals surface area contributed by atoms with Crippen molar-refractivity contribution in [2.75, 3.05) is 6.54 Å². The van der Waals surface area contributed by atoms with Crippen LogP contribution in [0.4, 0.5) is 0 Å². The molecule has 0 spiro atoms. The van der Waals surface area contributed by atoms with E-state index in [1.807, 2.05) is 13.0 Å². The van der Waals surface area contributed by atoms with E-state index in [0.29, 0.717) is 18.4 Å². The van der Waals surface area contributed by atoms with Crippen molar-refractivity contribution in [1.82, 2.24) is 20.7 Å². The normalized spacial score (nSPS) is 11.7. The SMILES string of the molecule is Cc1nccc(CN=C(NN)NCC(C)C)n1. The molecule has 0 radical (unpaired) electrons. The van der Waals surface area contributed by atoms with Gasteiger partial charge < -0.3 is 5.32 Å². The lowest BCUT2D eigenvalue weighted by Crippen LogP contribution is -2.43. The number of aryl methyl sites for hydroxylation is 1. The Morgan fingerprint density at radius 1 is 1.53 bits per heavy atom. The van der Waals surface area contributed by atoms with Crippen molar-refractivity contribution in [2.45, 2.75) is 27.3 Å². The molecule has 0 atom stereocenters. The van der Waals surface area contributed by atoms with Gasteiger partial charge in [0, 0.05) is 12.7 Å². The Balaban J connectivity index is 2.55. The lowest BCUT2D eigenvalue weighted by Gasteiger charge is -2.10. The molecule has 0 aliphatic heterocycles. The Bertz CT molecular complexity index is 374. The first kappa shape index (κ1) is 13.4. The van der Waals surface area contributed by atoms with Crippen LogP contribution < -0.4 is 16.6 Å². The summed E-state index contributed by atoms with van der Waals surface area (Å²) in [4.78, 5) is 12.6. The first-order valence-corrected chi connectivity index (χ1v) is 5.65. The predicted molar refractivity (Wildman–Crippen MR) is 68.1 cm³/mol. The minimum absolute atomic E-state index is 0.480. The number of nitrogens with zero attached hydrogens (tertiary/aromatic N) is 3. The maximum atomic E-state index is 5.38. The van der Waals surface area contributed by atoms with Crippen LogP contribution in [-0.4, -0.2) is 22.5 Å². The second-order valence-corrected chi connectivity index (χ2v) is 4.18. The Labute approximate surface area is 102 Å². The van der Waals surface area contributed by atoms with Gasteiger partial charge in [0.15, 0.2) is 0 Å². The van der Waals surface area contributed by atoms with Gasteiger partial charge in [-0.2, -0.15) is 0 Å². The predicted octanol–water partition coefficient (Wildman–Crippen LogP) is 0.350. The molecule has 0 amide bonds. The smallest absolute Gasteiger partial charge is 0.206 e. The molecule has 4 N–H and O–H groups in total. The van der Waals surface area contributed by atoms with Crippen molar-refractivity contribution in [3.8, 4) is 0 Å². The van der Waals surface area contributed by atoms with Crippen LogP contribution in [0, 0.1) is 12.8 Å². The molecular formula is C11H20N6. The minimum Gasteiger partial charge on any atom is -0.355 e. The quantitative estimate of drug-likeness (QED) is 0.304. The summed E-state index contributed by atoms with van der Waals surface area (Å²) in [5, 5.41) is 3.12. The van der Waals surface area contributed by atoms with E-state index in [0.717, 1.165) is 18.1 Å². The minimum atomic E-state index is 0.480. The lowest BCUT2D eigenvalue weighted by molar-refractivity contribution is 0.615. The Kier molecular flexibility index (Phi) is 5.35. The average molecular weight is 236 g/mol. The van der Waals surface area contributed by atoms with Gasteiger partial charge in [0.25, 0.3) is 0 Å². The number of hydrogen-bond acceptors (Lipinski definition) is 4. The number of nitrogens with one attached hydrogen (secondary N) is 2. The van der Waals surface area contributed by atoms with Crippen LogP contribution in [0.2, 0.25) is 0 Å². The number of hydrogen-bond donors (Lipinski definition) is 3. The molecule has 1 rings (SSSR count). The van der Waals surface area contributed by atoms with E-state index < -0.39 is 0 Å². The number of guanidine groups is 1. The summed E-state index contributed by atoms with van der Waals surface area (Å²) in [6, 6.07) is 1.84. The topological polar surface area (TPSA) is 88.2 Å². The van der Waals surface area contributed by atoms with Crippen molar-refractivity contribution in [3.63, 3.8) is 0 Å². The largest absolute Gasteiger partial charge is 0.355 e. The van der Waals surface area contributed by atoms with Crippen molar-refractivity contribution < 1.29 is 0 Å². The van der Waals surface area contributed by atoms with E-state index in [1.165, 1.54) is 0 Å². The summed E-state index contributed by atoms with van der Waals surface area (Å²) < 4.78 is 0. The Morgan fingerprint density at radius 3 is 2.88 bits per heavy atom. The molecule has 0 saturated heterocycles. The molecule has 17 heavy (non-hydrogen) atoms. The maximum absolute atomic E-state index is 5.38. The van der Waals surface area contributed by atoms with Gasteiger partial charge in [-0.15, -0.1) is 0 Å². The standard InChI is InChI=1S/C11H20N6/c1-8(2)6-14-11(17-12)15-7-10-4-5-13-9(3)16-10/h4-5,8H,6-7,12H2,1-3H3,(H2,14,15,17). The summed E-state index contributed by atoms with van der Waals surface area (Å²) in [7, 11) is 0. The van der Waals surface area contributed by atoms with Crippen LogP contribution in [0.3, 0.4) is 0 Å². The van der Waals surface area contributed by atoms with Crippen molar-refractivity contribution >= 4 is 5.96 Å². The van der Waals surface area contributed by atoms with E-state index in [4.69, 9.17) is 5.84 Å². The number of hydrazine groups is 1. The maximum Gasteiger partial charge on any atom is 0.206 e. The number of aliphatic imine (C=N–C) groups is 1. The number of rotatable bonds is 4. The van der Waals surface area contributed by atoms with Crippen molar-refractivity contribution in [2.24, 2.45) is 16.8 Å². The monoisotopic (exact) mass is 236 g/mol. The molecule has 1 aromatic heterocycles. The molecule has 0 bridgehead atoms. The van der Waals surface area contributed by atoms with E-state index in [2.05, 4.69) is 39.6 Å². The molecule has 0 saturated carbocycles. The third-order valence-corrected chi connectivity index (χ3v) is 2.05. The molecule has 0 aliphatic rings. The molecule has 1 aromatic rings. The van der Waals surface area contributed by atoms with E-state index in [9.17, 15) is 0 Å². The fraction of sp³-hybridized carbons (Fsp3) is 0.545. The molecule has 1 heterocycles. The third kappa shape index (κ3) is 5.26. The number of nitrogens with two attached hydrogens (primary N) is 1. The van der Waals surface area contributed by atoms with Gasteiger partial charge in [-0.25, -0.2) is 20.8 Å². The summed E-state index contributed by atoms with van der Waals surface area (Å²) in [6.07, 6.45) is 1.73. The van der Waals surface area contributed by atoms with Crippen LogP contribution >= 0.6 is 0 Å². The third-order valence-electron chi connectivity index (χ3n) is 2.05. The molecule has 0 aliphatic carbocycles. The van der Waals surface area contributed by atoms with E-state index in [-0.39, 0.29) is 0 Å². The zero-order valence-corrected chi connectivity index (χ0v) is 10.6. The highest BCUT2D eigenvalue weighted by atomic mass is 15.3. The van der Waals surface area contributed by atoms with Gasteiger partial charge in [-0.3, -0.25) is 5.43 Å². The zero-order valence-electron chi connectivity index (χ0n) is 10.6. The fourth-order valence-corrected chi connectivity index (χ4v) is 1.21. The summed E-state index contributed by atoms with van der Waals surface area (Å²) >= 11 is 0. The second-order valence-electron chi connectivity index (χ2n) is 4.18. The molecule has 0 fully saturated rings. The first-order chi connectivity index (χ1) is 8.11. The Morgan fingerprint density at radius 2 is 2.29 bits per heavy atom. The summed E-state index contributed by atoms with van der Waals surface area (Å²) in [5.41, 5.74) is 3.41. The first-order valence-electron chi connectivity index (χ1n) is 5.65. The van der Waals surface area contributed by atoms with Crippen molar-refractivity contribution in [3.05, 3.63) is 23.8 Å². The molecule has 0 aromatic carbocycles. The highest BCUT2D eigenvalue weighted by Gasteiger charge is 1.99. The lowest BCUT2D eigenvalue weighted by atomic mass is 10.2. The highest BCUT2D eigenvalue weighted by molar-refractivity contribution is 5.79. The van der Waals surface area contributed by atoms with Crippen LogP contribution in [0.15, 0.2) is 17.3 Å². The average Bonchev–Trinajstić information content (AvgIpc) is 2.29. The molecule has 0 unspecified atom stereocenters. The molecule has 94 valence electrons. The van der Waals surface area contributed by atoms with Gasteiger partial charge in [0.05, 0.1) is 12.2 Å². The van der Waals surface area contributed by atoms with Crippen LogP contribution in [0.25, 0.3) is 0 Å². The van der Waals surface area contributed by atoms with E-state index in [1.54, 1.807) is 6.20 Å². The van der Waals surface area contributed by atoms with Gasteiger partial charge in [-0.1, -0.05) is 13.8 Å². The van der Waals surface area contributed by atoms with Crippen LogP contribution in [0.1, 0.15) is 25.4 Å². The molecule has 6 nitrogen and oxygen atoms in total. The Hall–Kier alpha value is -1.69. The van der Waals surface area contributed by atoms with Gasteiger partial charge in [0.1, 0.15) is 5.82 Å². The zero-order chi connectivity index (χ0) is 12.7. The fourth-order valence-electron chi connectivity index (χ4n) is 1.21. The summed E-state index contributed by atoms with van der Waals surface area (Å²) in [5.74, 6) is 7.24. The number of aromatic nitrogens is 2. The van der Waals surface area contributed by atoms with Crippen LogP contribution in [-0.2, 0) is 6.54 Å². The van der Waals surface area contributed by atoms with Gasteiger partial charge >= 0.3 is 0 Å². The van der Waals surface area contributed by atoms with Crippen LogP contribution in [0.5, 0.6) is 0 Å². The van der Waals surface area contributed by atoms with Gasteiger partial charge in [-0.05, 0) is 18.9 Å². The van der Waals surface area contributed by atoms with Crippen molar-refractivity contribution in [1.29, 1.82) is 0 Å².